The minimum atomic E-state index is -1.24. The molecule has 0 saturated heterocycles. The summed E-state index contributed by atoms with van der Waals surface area (Å²) in [6.45, 7) is 0. The lowest BCUT2D eigenvalue weighted by Crippen LogP contribution is -2.13. The van der Waals surface area contributed by atoms with Crippen molar-refractivity contribution in [2.24, 2.45) is 5.73 Å². The summed E-state index contributed by atoms with van der Waals surface area (Å²) in [4.78, 5) is 25.6. The molecule has 0 aliphatic carbocycles. The van der Waals surface area contributed by atoms with Crippen LogP contribution in [0.2, 0.25) is 0 Å². The van der Waals surface area contributed by atoms with Gasteiger partial charge in [0.15, 0.2) is 0 Å². The molecule has 0 fully saturated rings. The first kappa shape index (κ1) is 14.3. The highest BCUT2D eigenvalue weighted by Gasteiger charge is 2.15. The number of aromatic nitrogens is 1. The number of benzene rings is 1. The van der Waals surface area contributed by atoms with Crippen molar-refractivity contribution < 1.29 is 23.8 Å². The second-order valence-corrected chi connectivity index (χ2v) is 3.99. The normalized spacial score (nSPS) is 10.1. The standard InChI is InChI=1S/C13H10FN3O4/c14-9-5-6(1-2-7(9)11(16)18)21-12-10(15)8(13(19)20)3-4-17-12/h1-5H,15H2,(H2,16,18)(H,19,20). The highest BCUT2D eigenvalue weighted by molar-refractivity contribution is 5.94. The van der Waals surface area contributed by atoms with E-state index in [-0.39, 0.29) is 28.4 Å². The number of amides is 1. The number of nitrogens with zero attached hydrogens (tertiary/aromatic N) is 1. The van der Waals surface area contributed by atoms with Crippen LogP contribution in [0.25, 0.3) is 0 Å². The zero-order valence-electron chi connectivity index (χ0n) is 10.5. The first-order valence-electron chi connectivity index (χ1n) is 5.65. The van der Waals surface area contributed by atoms with Crippen molar-refractivity contribution in [2.45, 2.75) is 0 Å². The van der Waals surface area contributed by atoms with Crippen LogP contribution in [0.15, 0.2) is 30.5 Å². The average molecular weight is 291 g/mol. The number of hydrogen-bond donors (Lipinski definition) is 3. The Morgan fingerprint density at radius 3 is 2.52 bits per heavy atom. The van der Waals surface area contributed by atoms with Gasteiger partial charge in [0, 0.05) is 12.3 Å². The van der Waals surface area contributed by atoms with E-state index in [9.17, 15) is 14.0 Å². The summed E-state index contributed by atoms with van der Waals surface area (Å²) in [5.74, 6) is -3.20. The molecule has 0 aliphatic rings. The summed E-state index contributed by atoms with van der Waals surface area (Å²) >= 11 is 0. The van der Waals surface area contributed by atoms with Crippen LogP contribution in [0.1, 0.15) is 20.7 Å². The van der Waals surface area contributed by atoms with Gasteiger partial charge in [-0.05, 0) is 18.2 Å². The predicted molar refractivity (Wildman–Crippen MR) is 70.6 cm³/mol. The van der Waals surface area contributed by atoms with Gasteiger partial charge < -0.3 is 21.3 Å². The third kappa shape index (κ3) is 2.89. The van der Waals surface area contributed by atoms with Crippen molar-refractivity contribution in [1.29, 1.82) is 0 Å². The molecule has 0 unspecified atom stereocenters. The average Bonchev–Trinajstić information content (AvgIpc) is 2.40. The summed E-state index contributed by atoms with van der Waals surface area (Å²) in [6, 6.07) is 4.57. The molecule has 0 saturated carbocycles. The molecular formula is C13H10FN3O4. The quantitative estimate of drug-likeness (QED) is 0.780. The number of carbonyl (C=O) groups excluding carboxylic acids is 1. The van der Waals surface area contributed by atoms with Crippen LogP contribution in [0.5, 0.6) is 11.6 Å². The molecule has 108 valence electrons. The fraction of sp³-hybridized carbons (Fsp3) is 0. The van der Waals surface area contributed by atoms with Crippen LogP contribution < -0.4 is 16.2 Å². The minimum Gasteiger partial charge on any atom is -0.478 e. The zero-order valence-corrected chi connectivity index (χ0v) is 10.5. The molecule has 2 rings (SSSR count). The van der Waals surface area contributed by atoms with Gasteiger partial charge in [0.1, 0.15) is 17.3 Å². The van der Waals surface area contributed by atoms with Gasteiger partial charge in [0.2, 0.25) is 5.88 Å². The van der Waals surface area contributed by atoms with Crippen LogP contribution in [0.3, 0.4) is 0 Å². The van der Waals surface area contributed by atoms with Crippen LogP contribution in [0.4, 0.5) is 10.1 Å². The number of ether oxygens (including phenoxy) is 1. The number of hydrogen-bond acceptors (Lipinski definition) is 5. The highest BCUT2D eigenvalue weighted by atomic mass is 19.1. The van der Waals surface area contributed by atoms with Gasteiger partial charge in [-0.25, -0.2) is 14.2 Å². The first-order valence-corrected chi connectivity index (χ1v) is 5.65. The van der Waals surface area contributed by atoms with Gasteiger partial charge in [0.05, 0.1) is 11.1 Å². The second-order valence-electron chi connectivity index (χ2n) is 3.99. The molecule has 1 aromatic heterocycles. The Bertz CT molecular complexity index is 733. The molecule has 0 spiro atoms. The summed E-state index contributed by atoms with van der Waals surface area (Å²) in [7, 11) is 0. The van der Waals surface area contributed by atoms with E-state index in [0.717, 1.165) is 12.1 Å². The summed E-state index contributed by atoms with van der Waals surface area (Å²) in [6.07, 6.45) is 1.20. The topological polar surface area (TPSA) is 129 Å². The van der Waals surface area contributed by atoms with Crippen molar-refractivity contribution in [3.05, 3.63) is 47.4 Å². The molecule has 1 amide bonds. The Kier molecular flexibility index (Phi) is 3.70. The van der Waals surface area contributed by atoms with Gasteiger partial charge in [-0.2, -0.15) is 0 Å². The number of carbonyl (C=O) groups is 2. The number of carboxylic acids is 1. The number of anilines is 1. The molecule has 0 atom stereocenters. The fourth-order valence-corrected chi connectivity index (χ4v) is 1.59. The molecule has 0 bridgehead atoms. The van der Waals surface area contributed by atoms with Gasteiger partial charge in [0.25, 0.3) is 5.91 Å². The van der Waals surface area contributed by atoms with E-state index < -0.39 is 17.7 Å². The monoisotopic (exact) mass is 291 g/mol. The second kappa shape index (κ2) is 5.45. The van der Waals surface area contributed by atoms with Crippen molar-refractivity contribution in [2.75, 3.05) is 5.73 Å². The number of carboxylic acid groups (broad SMARTS) is 1. The van der Waals surface area contributed by atoms with E-state index in [2.05, 4.69) is 4.98 Å². The lowest BCUT2D eigenvalue weighted by Gasteiger charge is -2.09. The van der Waals surface area contributed by atoms with E-state index in [1.54, 1.807) is 0 Å². The van der Waals surface area contributed by atoms with Gasteiger partial charge in [-0.3, -0.25) is 4.79 Å². The van der Waals surface area contributed by atoms with E-state index in [0.29, 0.717) is 0 Å². The fourth-order valence-electron chi connectivity index (χ4n) is 1.59. The number of aromatic carboxylic acids is 1. The van der Waals surface area contributed by atoms with Crippen LogP contribution in [0, 0.1) is 5.82 Å². The maximum atomic E-state index is 13.6. The van der Waals surface area contributed by atoms with E-state index in [1.165, 1.54) is 18.3 Å². The van der Waals surface area contributed by atoms with Crippen molar-refractivity contribution in [1.82, 2.24) is 4.98 Å². The van der Waals surface area contributed by atoms with Gasteiger partial charge in [-0.15, -0.1) is 0 Å². The van der Waals surface area contributed by atoms with Crippen LogP contribution in [-0.4, -0.2) is 22.0 Å². The first-order chi connectivity index (χ1) is 9.90. The zero-order chi connectivity index (χ0) is 15.6. The molecule has 21 heavy (non-hydrogen) atoms. The van der Waals surface area contributed by atoms with E-state index in [1.807, 2.05) is 0 Å². The molecule has 5 N–H and O–H groups in total. The summed E-state index contributed by atoms with van der Waals surface area (Å²) in [5.41, 5.74) is 9.92. The number of rotatable bonds is 4. The smallest absolute Gasteiger partial charge is 0.338 e. The van der Waals surface area contributed by atoms with E-state index in [4.69, 9.17) is 21.3 Å². The third-order valence-corrected chi connectivity index (χ3v) is 2.60. The Morgan fingerprint density at radius 1 is 1.24 bits per heavy atom. The lowest BCUT2D eigenvalue weighted by atomic mass is 10.2. The maximum Gasteiger partial charge on any atom is 0.338 e. The van der Waals surface area contributed by atoms with Crippen molar-refractivity contribution in [3.63, 3.8) is 0 Å². The SMILES string of the molecule is NC(=O)c1ccc(Oc2nccc(C(=O)O)c2N)cc1F. The maximum absolute atomic E-state index is 13.6. The summed E-state index contributed by atoms with van der Waals surface area (Å²) < 4.78 is 18.8. The molecule has 0 aliphatic heterocycles. The largest absolute Gasteiger partial charge is 0.478 e. The van der Waals surface area contributed by atoms with Crippen LogP contribution in [-0.2, 0) is 0 Å². The number of halogens is 1. The molecule has 2 aromatic rings. The summed E-state index contributed by atoms with van der Waals surface area (Å²) in [5, 5.41) is 8.92. The van der Waals surface area contributed by atoms with Gasteiger partial charge in [-0.1, -0.05) is 0 Å². The molecule has 0 radical (unpaired) electrons. The third-order valence-electron chi connectivity index (χ3n) is 2.60. The number of primary amides is 1. The van der Waals surface area contributed by atoms with E-state index >= 15 is 0 Å². The number of nitrogen functional groups attached to an aromatic ring is 1. The minimum absolute atomic E-state index is 0.000705. The molecule has 1 aromatic carbocycles. The number of nitrogens with two attached hydrogens (primary N) is 2. The molecule has 8 heteroatoms. The molecule has 1 heterocycles. The Morgan fingerprint density at radius 2 is 1.95 bits per heavy atom. The predicted octanol–water partition coefficient (Wildman–Crippen LogP) is 1.39. The Labute approximate surface area is 118 Å². The van der Waals surface area contributed by atoms with Gasteiger partial charge >= 0.3 is 5.97 Å². The molecular weight excluding hydrogens is 281 g/mol. The Hall–Kier alpha value is -3.16. The van der Waals surface area contributed by atoms with Crippen LogP contribution >= 0.6 is 0 Å². The Balaban J connectivity index is 2.35. The van der Waals surface area contributed by atoms with Crippen molar-refractivity contribution in [3.8, 4) is 11.6 Å². The highest BCUT2D eigenvalue weighted by Crippen LogP contribution is 2.28. The van der Waals surface area contributed by atoms with Crippen molar-refractivity contribution >= 4 is 17.6 Å². The number of pyridine rings is 1. The lowest BCUT2D eigenvalue weighted by molar-refractivity contribution is 0.0697. The molecule has 7 nitrogen and oxygen atoms in total.